The SMILES string of the molecule is Cc1nc(-c2ccc(CNC(=O)CCCN3C(=O)NC(C)(C)C3=O)s2)cs1. The molecule has 1 saturated heterocycles. The predicted octanol–water partition coefficient (Wildman–Crippen LogP) is 2.91. The summed E-state index contributed by atoms with van der Waals surface area (Å²) in [5.41, 5.74) is 0.100. The monoisotopic (exact) mass is 406 g/mol. The van der Waals surface area contributed by atoms with E-state index in [1.54, 1.807) is 36.5 Å². The van der Waals surface area contributed by atoms with Crippen molar-refractivity contribution in [1.82, 2.24) is 20.5 Å². The normalized spacial score (nSPS) is 15.9. The molecule has 0 aromatic carbocycles. The summed E-state index contributed by atoms with van der Waals surface area (Å²) >= 11 is 3.23. The molecule has 2 aromatic rings. The van der Waals surface area contributed by atoms with Crippen LogP contribution in [0.25, 0.3) is 10.6 Å². The molecule has 3 rings (SSSR count). The van der Waals surface area contributed by atoms with E-state index >= 15 is 0 Å². The summed E-state index contributed by atoms with van der Waals surface area (Å²) in [4.78, 5) is 43.7. The highest BCUT2D eigenvalue weighted by Gasteiger charge is 2.43. The van der Waals surface area contributed by atoms with Gasteiger partial charge < -0.3 is 10.6 Å². The van der Waals surface area contributed by atoms with Gasteiger partial charge in [0.05, 0.1) is 22.1 Å². The Morgan fingerprint density at radius 1 is 1.33 bits per heavy atom. The third-order valence-electron chi connectivity index (χ3n) is 4.22. The standard InChI is InChI=1S/C18H22N4O3S2/c1-11-20-13(10-26-11)14-7-6-12(27-14)9-19-15(23)5-4-8-22-16(24)18(2,3)21-17(22)25/h6-7,10H,4-5,8-9H2,1-3H3,(H,19,23)(H,21,25). The molecule has 2 aromatic heterocycles. The van der Waals surface area contributed by atoms with Crippen LogP contribution in [-0.2, 0) is 16.1 Å². The number of hydrogen-bond donors (Lipinski definition) is 2. The molecule has 0 atom stereocenters. The van der Waals surface area contributed by atoms with Crippen molar-refractivity contribution in [2.45, 2.75) is 45.7 Å². The summed E-state index contributed by atoms with van der Waals surface area (Å²) in [6.45, 7) is 6.02. The number of thiazole rings is 1. The van der Waals surface area contributed by atoms with Crippen LogP contribution in [0.5, 0.6) is 0 Å². The summed E-state index contributed by atoms with van der Waals surface area (Å²) in [7, 11) is 0. The van der Waals surface area contributed by atoms with Gasteiger partial charge in [-0.15, -0.1) is 22.7 Å². The highest BCUT2D eigenvalue weighted by Crippen LogP contribution is 2.28. The number of aryl methyl sites for hydroxylation is 1. The number of amides is 4. The van der Waals surface area contributed by atoms with Crippen molar-refractivity contribution in [2.24, 2.45) is 0 Å². The lowest BCUT2D eigenvalue weighted by molar-refractivity contribution is -0.130. The van der Waals surface area contributed by atoms with E-state index in [1.807, 2.05) is 24.4 Å². The first kappa shape index (κ1) is 19.5. The van der Waals surface area contributed by atoms with Crippen molar-refractivity contribution < 1.29 is 14.4 Å². The van der Waals surface area contributed by atoms with Crippen LogP contribution in [0.4, 0.5) is 4.79 Å². The van der Waals surface area contributed by atoms with E-state index in [9.17, 15) is 14.4 Å². The van der Waals surface area contributed by atoms with E-state index in [-0.39, 0.29) is 24.8 Å². The van der Waals surface area contributed by atoms with Crippen molar-refractivity contribution in [3.63, 3.8) is 0 Å². The van der Waals surface area contributed by atoms with Crippen molar-refractivity contribution >= 4 is 40.5 Å². The van der Waals surface area contributed by atoms with Crippen LogP contribution < -0.4 is 10.6 Å². The lowest BCUT2D eigenvalue weighted by Gasteiger charge is -2.15. The van der Waals surface area contributed by atoms with Crippen LogP contribution in [0.1, 0.15) is 36.6 Å². The third-order valence-corrected chi connectivity index (χ3v) is 6.10. The number of nitrogens with one attached hydrogen (secondary N) is 2. The van der Waals surface area contributed by atoms with Gasteiger partial charge in [-0.1, -0.05) is 0 Å². The van der Waals surface area contributed by atoms with Crippen LogP contribution in [0.2, 0.25) is 0 Å². The molecule has 0 bridgehead atoms. The molecule has 0 radical (unpaired) electrons. The number of urea groups is 1. The highest BCUT2D eigenvalue weighted by molar-refractivity contribution is 7.16. The first-order valence-corrected chi connectivity index (χ1v) is 10.4. The average molecular weight is 407 g/mol. The topological polar surface area (TPSA) is 91.4 Å². The molecule has 0 unspecified atom stereocenters. The van der Waals surface area contributed by atoms with Gasteiger partial charge >= 0.3 is 6.03 Å². The second-order valence-corrected chi connectivity index (χ2v) is 9.14. The van der Waals surface area contributed by atoms with Gasteiger partial charge in [0.15, 0.2) is 0 Å². The number of imide groups is 1. The largest absolute Gasteiger partial charge is 0.351 e. The van der Waals surface area contributed by atoms with Crippen LogP contribution in [-0.4, -0.2) is 39.8 Å². The Morgan fingerprint density at radius 3 is 2.74 bits per heavy atom. The smallest absolute Gasteiger partial charge is 0.325 e. The Kier molecular flexibility index (Phi) is 5.61. The van der Waals surface area contributed by atoms with Crippen molar-refractivity contribution in [1.29, 1.82) is 0 Å². The summed E-state index contributed by atoms with van der Waals surface area (Å²) in [6.07, 6.45) is 0.704. The molecule has 0 spiro atoms. The number of thiophene rings is 1. The highest BCUT2D eigenvalue weighted by atomic mass is 32.1. The summed E-state index contributed by atoms with van der Waals surface area (Å²) in [5, 5.41) is 8.57. The Bertz CT molecular complexity index is 872. The zero-order chi connectivity index (χ0) is 19.6. The average Bonchev–Trinajstić information content (AvgIpc) is 3.28. The minimum Gasteiger partial charge on any atom is -0.351 e. The summed E-state index contributed by atoms with van der Waals surface area (Å²) in [5.74, 6) is -0.350. The van der Waals surface area contributed by atoms with Gasteiger partial charge in [-0.05, 0) is 39.3 Å². The van der Waals surface area contributed by atoms with Crippen molar-refractivity contribution in [3.8, 4) is 10.6 Å². The minimum atomic E-state index is -0.869. The molecule has 7 nitrogen and oxygen atoms in total. The van der Waals surface area contributed by atoms with Gasteiger partial charge in [-0.2, -0.15) is 0 Å². The summed E-state index contributed by atoms with van der Waals surface area (Å²) < 4.78 is 0. The van der Waals surface area contributed by atoms with Crippen LogP contribution in [0, 0.1) is 6.92 Å². The zero-order valence-electron chi connectivity index (χ0n) is 15.5. The quantitative estimate of drug-likeness (QED) is 0.692. The van der Waals surface area contributed by atoms with E-state index < -0.39 is 11.6 Å². The predicted molar refractivity (Wildman–Crippen MR) is 106 cm³/mol. The molecule has 144 valence electrons. The molecule has 27 heavy (non-hydrogen) atoms. The molecule has 2 N–H and O–H groups in total. The Morgan fingerprint density at radius 2 is 2.11 bits per heavy atom. The fourth-order valence-electron chi connectivity index (χ4n) is 2.78. The van der Waals surface area contributed by atoms with E-state index in [1.165, 1.54) is 4.90 Å². The van der Waals surface area contributed by atoms with Gasteiger partial charge in [0.2, 0.25) is 5.91 Å². The number of hydrogen-bond acceptors (Lipinski definition) is 6. The van der Waals surface area contributed by atoms with Gasteiger partial charge in [0.25, 0.3) is 5.91 Å². The molecule has 4 amide bonds. The van der Waals surface area contributed by atoms with Gasteiger partial charge in [0.1, 0.15) is 5.54 Å². The Labute approximate surface area is 165 Å². The number of rotatable bonds is 7. The molecule has 9 heteroatoms. The molecule has 1 aliphatic rings. The van der Waals surface area contributed by atoms with Crippen LogP contribution >= 0.6 is 22.7 Å². The lowest BCUT2D eigenvalue weighted by atomic mass is 10.1. The molecule has 0 aliphatic carbocycles. The van der Waals surface area contributed by atoms with Crippen LogP contribution in [0.3, 0.4) is 0 Å². The van der Waals surface area contributed by atoms with E-state index in [0.29, 0.717) is 13.0 Å². The molecule has 3 heterocycles. The number of nitrogens with zero attached hydrogens (tertiary/aromatic N) is 2. The Hall–Kier alpha value is -2.26. The number of carbonyl (C=O) groups is 3. The molecule has 1 fully saturated rings. The number of aromatic nitrogens is 1. The van der Waals surface area contributed by atoms with Gasteiger partial charge in [0, 0.05) is 23.2 Å². The van der Waals surface area contributed by atoms with Crippen LogP contribution in [0.15, 0.2) is 17.5 Å². The van der Waals surface area contributed by atoms with Crippen molar-refractivity contribution in [3.05, 3.63) is 27.4 Å². The molecular weight excluding hydrogens is 384 g/mol. The molecule has 1 aliphatic heterocycles. The van der Waals surface area contributed by atoms with Gasteiger partial charge in [-0.3, -0.25) is 14.5 Å². The van der Waals surface area contributed by atoms with Gasteiger partial charge in [-0.25, -0.2) is 9.78 Å². The Balaban J connectivity index is 1.42. The molecule has 0 saturated carbocycles. The summed E-state index contributed by atoms with van der Waals surface area (Å²) in [6, 6.07) is 3.61. The van der Waals surface area contributed by atoms with Crippen molar-refractivity contribution in [2.75, 3.05) is 6.54 Å². The van der Waals surface area contributed by atoms with E-state index in [0.717, 1.165) is 20.5 Å². The first-order chi connectivity index (χ1) is 12.8. The number of carbonyl (C=O) groups excluding carboxylic acids is 3. The fourth-order valence-corrected chi connectivity index (χ4v) is 4.38. The third kappa shape index (κ3) is 4.54. The maximum atomic E-state index is 12.1. The second kappa shape index (κ2) is 7.77. The maximum absolute atomic E-state index is 12.1. The molecular formula is C18H22N4O3S2. The fraction of sp³-hybridized carbons (Fsp3) is 0.444. The van der Waals surface area contributed by atoms with E-state index in [4.69, 9.17) is 0 Å². The maximum Gasteiger partial charge on any atom is 0.325 e. The first-order valence-electron chi connectivity index (χ1n) is 8.68. The van der Waals surface area contributed by atoms with E-state index in [2.05, 4.69) is 15.6 Å². The minimum absolute atomic E-state index is 0.0965. The second-order valence-electron chi connectivity index (χ2n) is 6.91. The lowest BCUT2D eigenvalue weighted by Crippen LogP contribution is -2.40. The zero-order valence-corrected chi connectivity index (χ0v) is 17.1.